The van der Waals surface area contributed by atoms with E-state index in [1.807, 2.05) is 6.07 Å². The molecule has 6 heteroatoms. The molecule has 1 N–H and O–H groups in total. The van der Waals surface area contributed by atoms with Crippen LogP contribution in [-0.4, -0.2) is 37.3 Å². The second-order valence-corrected chi connectivity index (χ2v) is 5.74. The molecule has 0 atom stereocenters. The molecule has 1 aliphatic carbocycles. The Hall–Kier alpha value is -2.24. The summed E-state index contributed by atoms with van der Waals surface area (Å²) in [6.07, 6.45) is 7.76. The first kappa shape index (κ1) is 15.6. The van der Waals surface area contributed by atoms with Gasteiger partial charge in [-0.2, -0.15) is 0 Å². The van der Waals surface area contributed by atoms with Gasteiger partial charge in [0.25, 0.3) is 0 Å². The largest absolute Gasteiger partial charge is 0.493 e. The Morgan fingerprint density at radius 1 is 0.957 bits per heavy atom. The predicted molar refractivity (Wildman–Crippen MR) is 89.7 cm³/mol. The molecule has 6 nitrogen and oxygen atoms in total. The molecule has 124 valence electrons. The van der Waals surface area contributed by atoms with Crippen LogP contribution in [0.5, 0.6) is 17.2 Å². The number of nitrogens with zero attached hydrogens (tertiary/aromatic N) is 2. The lowest BCUT2D eigenvalue weighted by Gasteiger charge is -2.24. The van der Waals surface area contributed by atoms with Crippen LogP contribution in [0.3, 0.4) is 0 Å². The van der Waals surface area contributed by atoms with E-state index >= 15 is 0 Å². The molecule has 1 heterocycles. The monoisotopic (exact) mass is 317 g/mol. The summed E-state index contributed by atoms with van der Waals surface area (Å²) >= 11 is 0. The zero-order valence-corrected chi connectivity index (χ0v) is 13.9. The highest BCUT2D eigenvalue weighted by Crippen LogP contribution is 2.44. The van der Waals surface area contributed by atoms with Crippen molar-refractivity contribution in [3.8, 4) is 17.2 Å². The van der Waals surface area contributed by atoms with Crippen LogP contribution in [-0.2, 0) is 0 Å². The summed E-state index contributed by atoms with van der Waals surface area (Å²) in [6, 6.07) is 2.36. The standard InChI is InChI=1S/C17H23N3O3/c1-21-13-9-12-14(16(23-3)15(13)22-2)18-10-19-17(12)20-11-7-5-4-6-8-11/h9-11H,4-8H2,1-3H3,(H,18,19,20). The van der Waals surface area contributed by atoms with Crippen molar-refractivity contribution in [2.45, 2.75) is 38.1 Å². The second-order valence-electron chi connectivity index (χ2n) is 5.74. The van der Waals surface area contributed by atoms with Crippen LogP contribution in [0.1, 0.15) is 32.1 Å². The van der Waals surface area contributed by atoms with Crippen molar-refractivity contribution in [3.63, 3.8) is 0 Å². The summed E-state index contributed by atoms with van der Waals surface area (Å²) < 4.78 is 16.4. The number of ether oxygens (including phenoxy) is 3. The molecule has 0 aliphatic heterocycles. The average molecular weight is 317 g/mol. The van der Waals surface area contributed by atoms with E-state index in [1.165, 1.54) is 32.1 Å². The van der Waals surface area contributed by atoms with Crippen molar-refractivity contribution in [1.29, 1.82) is 0 Å². The Morgan fingerprint density at radius 3 is 2.35 bits per heavy atom. The Kier molecular flexibility index (Phi) is 4.69. The Bertz CT molecular complexity index is 684. The predicted octanol–water partition coefficient (Wildman–Crippen LogP) is 3.40. The van der Waals surface area contributed by atoms with Gasteiger partial charge in [0.05, 0.1) is 26.7 Å². The number of rotatable bonds is 5. The van der Waals surface area contributed by atoms with E-state index in [0.29, 0.717) is 23.3 Å². The third-order valence-corrected chi connectivity index (χ3v) is 4.38. The maximum absolute atomic E-state index is 5.51. The summed E-state index contributed by atoms with van der Waals surface area (Å²) in [5.74, 6) is 2.54. The number of nitrogens with one attached hydrogen (secondary N) is 1. The molecule has 23 heavy (non-hydrogen) atoms. The molecule has 0 unspecified atom stereocenters. The number of hydrogen-bond donors (Lipinski definition) is 1. The van der Waals surface area contributed by atoms with E-state index in [-0.39, 0.29) is 0 Å². The first-order valence-electron chi connectivity index (χ1n) is 7.98. The average Bonchev–Trinajstić information content (AvgIpc) is 2.61. The summed E-state index contributed by atoms with van der Waals surface area (Å²) in [5.41, 5.74) is 0.721. The van der Waals surface area contributed by atoms with Crippen molar-refractivity contribution in [1.82, 2.24) is 9.97 Å². The topological polar surface area (TPSA) is 65.5 Å². The fraction of sp³-hybridized carbons (Fsp3) is 0.529. The number of fused-ring (bicyclic) bond motifs is 1. The molecule has 1 saturated carbocycles. The summed E-state index contributed by atoms with van der Waals surface area (Å²) in [7, 11) is 4.81. The van der Waals surface area contributed by atoms with E-state index in [9.17, 15) is 0 Å². The van der Waals surface area contributed by atoms with Crippen LogP contribution >= 0.6 is 0 Å². The molecule has 2 aromatic rings. The first-order chi connectivity index (χ1) is 11.3. The quantitative estimate of drug-likeness (QED) is 0.912. The molecule has 0 saturated heterocycles. The number of aromatic nitrogens is 2. The van der Waals surface area contributed by atoms with Gasteiger partial charge in [-0.15, -0.1) is 0 Å². The van der Waals surface area contributed by atoms with Gasteiger partial charge in [0.1, 0.15) is 17.7 Å². The third-order valence-electron chi connectivity index (χ3n) is 4.38. The molecule has 1 aromatic carbocycles. The van der Waals surface area contributed by atoms with Crippen LogP contribution in [0.2, 0.25) is 0 Å². The fourth-order valence-corrected chi connectivity index (χ4v) is 3.22. The van der Waals surface area contributed by atoms with Gasteiger partial charge >= 0.3 is 0 Å². The zero-order valence-electron chi connectivity index (χ0n) is 13.9. The molecule has 1 aliphatic rings. The van der Waals surface area contributed by atoms with Crippen molar-refractivity contribution >= 4 is 16.7 Å². The summed E-state index contributed by atoms with van der Waals surface area (Å²) in [5, 5.41) is 4.44. The lowest BCUT2D eigenvalue weighted by molar-refractivity contribution is 0.327. The number of hydrogen-bond acceptors (Lipinski definition) is 6. The minimum Gasteiger partial charge on any atom is -0.493 e. The molecular weight excluding hydrogens is 294 g/mol. The van der Waals surface area contributed by atoms with Crippen LogP contribution in [0.15, 0.2) is 12.4 Å². The molecule has 0 spiro atoms. The lowest BCUT2D eigenvalue weighted by Crippen LogP contribution is -2.23. The number of benzene rings is 1. The van der Waals surface area contributed by atoms with Crippen LogP contribution in [0, 0.1) is 0 Å². The lowest BCUT2D eigenvalue weighted by atomic mass is 9.95. The number of methoxy groups -OCH3 is 3. The summed E-state index contributed by atoms with van der Waals surface area (Å²) in [6.45, 7) is 0. The minimum atomic E-state index is 0.459. The van der Waals surface area contributed by atoms with E-state index in [4.69, 9.17) is 14.2 Å². The molecule has 1 aromatic heterocycles. The van der Waals surface area contributed by atoms with E-state index < -0.39 is 0 Å². The van der Waals surface area contributed by atoms with E-state index in [2.05, 4.69) is 15.3 Å². The zero-order chi connectivity index (χ0) is 16.2. The molecular formula is C17H23N3O3. The van der Waals surface area contributed by atoms with E-state index in [0.717, 1.165) is 16.7 Å². The molecule has 0 bridgehead atoms. The van der Waals surface area contributed by atoms with Crippen LogP contribution < -0.4 is 19.5 Å². The normalized spacial score (nSPS) is 15.4. The minimum absolute atomic E-state index is 0.459. The molecule has 0 amide bonds. The van der Waals surface area contributed by atoms with Crippen molar-refractivity contribution in [2.75, 3.05) is 26.6 Å². The highest BCUT2D eigenvalue weighted by molar-refractivity contribution is 5.96. The number of anilines is 1. The second kappa shape index (κ2) is 6.89. The first-order valence-corrected chi connectivity index (χ1v) is 7.98. The van der Waals surface area contributed by atoms with Gasteiger partial charge in [0.15, 0.2) is 11.5 Å². The smallest absolute Gasteiger partial charge is 0.205 e. The third kappa shape index (κ3) is 2.98. The SMILES string of the molecule is COc1cc2c(NC3CCCCC3)ncnc2c(OC)c1OC. The van der Waals surface area contributed by atoms with Gasteiger partial charge in [0, 0.05) is 6.04 Å². The van der Waals surface area contributed by atoms with Gasteiger partial charge in [-0.1, -0.05) is 19.3 Å². The maximum Gasteiger partial charge on any atom is 0.205 e. The van der Waals surface area contributed by atoms with Crippen molar-refractivity contribution < 1.29 is 14.2 Å². The van der Waals surface area contributed by atoms with E-state index in [1.54, 1.807) is 27.7 Å². The maximum atomic E-state index is 5.51. The Morgan fingerprint density at radius 2 is 1.70 bits per heavy atom. The Labute approximate surface area is 136 Å². The highest BCUT2D eigenvalue weighted by Gasteiger charge is 2.21. The fourth-order valence-electron chi connectivity index (χ4n) is 3.22. The van der Waals surface area contributed by atoms with Crippen LogP contribution in [0.4, 0.5) is 5.82 Å². The van der Waals surface area contributed by atoms with Gasteiger partial charge in [-0.05, 0) is 18.9 Å². The van der Waals surface area contributed by atoms with Gasteiger partial charge in [0.2, 0.25) is 5.75 Å². The van der Waals surface area contributed by atoms with Crippen molar-refractivity contribution in [2.24, 2.45) is 0 Å². The van der Waals surface area contributed by atoms with Gasteiger partial charge < -0.3 is 19.5 Å². The molecule has 3 rings (SSSR count). The summed E-state index contributed by atoms with van der Waals surface area (Å²) in [4.78, 5) is 8.81. The van der Waals surface area contributed by atoms with Crippen LogP contribution in [0.25, 0.3) is 10.9 Å². The molecule has 1 fully saturated rings. The van der Waals surface area contributed by atoms with Gasteiger partial charge in [-0.3, -0.25) is 0 Å². The Balaban J connectivity index is 2.08. The van der Waals surface area contributed by atoms with Crippen molar-refractivity contribution in [3.05, 3.63) is 12.4 Å². The highest BCUT2D eigenvalue weighted by atomic mass is 16.5. The molecule has 0 radical (unpaired) electrons. The van der Waals surface area contributed by atoms with Gasteiger partial charge in [-0.25, -0.2) is 9.97 Å².